The molecule has 4 aromatic rings. The molecule has 0 fully saturated rings. The van der Waals surface area contributed by atoms with E-state index in [1.165, 1.54) is 30.5 Å². The van der Waals surface area contributed by atoms with Crippen LogP contribution in [0.15, 0.2) is 70.5 Å². The van der Waals surface area contributed by atoms with Gasteiger partial charge in [0.05, 0.1) is 31.7 Å². The number of nitrogens with one attached hydrogen (secondary N) is 1. The molecule has 0 radical (unpaired) electrons. The van der Waals surface area contributed by atoms with E-state index in [4.69, 9.17) is 13.9 Å². The van der Waals surface area contributed by atoms with Gasteiger partial charge in [0, 0.05) is 17.6 Å². The number of methoxy groups -OCH3 is 2. The summed E-state index contributed by atoms with van der Waals surface area (Å²) in [4.78, 5) is 4.37. The first-order valence-corrected chi connectivity index (χ1v) is 10.7. The number of hydrogen-bond donors (Lipinski definition) is 1. The van der Waals surface area contributed by atoms with Crippen molar-refractivity contribution in [2.45, 2.75) is 11.5 Å². The maximum Gasteiger partial charge on any atom is 0.295 e. The summed E-state index contributed by atoms with van der Waals surface area (Å²) in [5.41, 5.74) is 2.14. The molecule has 4 rings (SSSR count). The number of nitrogens with zero attached hydrogens (tertiary/aromatic N) is 1. The molecule has 2 aromatic carbocycles. The van der Waals surface area contributed by atoms with Gasteiger partial charge >= 0.3 is 0 Å². The standard InChI is InChI=1S/C22H19FN2O5S/c1-28-20-12-16-15(7-8-24-19(16)13-21(20)29-2)10-14-5-6-18(17(23)11-14)25-31(26,27)22-4-3-9-30-22/h3-9,11-13,25H,10H2,1-2H3. The maximum atomic E-state index is 14.6. The first-order valence-electron chi connectivity index (χ1n) is 9.25. The van der Waals surface area contributed by atoms with E-state index in [9.17, 15) is 12.8 Å². The number of halogens is 1. The van der Waals surface area contributed by atoms with Crippen LogP contribution in [0.5, 0.6) is 11.5 Å². The third-order valence-corrected chi connectivity index (χ3v) is 6.02. The van der Waals surface area contributed by atoms with Gasteiger partial charge in [0.2, 0.25) is 5.09 Å². The van der Waals surface area contributed by atoms with E-state index in [2.05, 4.69) is 9.71 Å². The average molecular weight is 442 g/mol. The van der Waals surface area contributed by atoms with Crippen molar-refractivity contribution in [1.29, 1.82) is 0 Å². The van der Waals surface area contributed by atoms with Gasteiger partial charge in [-0.25, -0.2) is 4.39 Å². The van der Waals surface area contributed by atoms with Gasteiger partial charge in [-0.1, -0.05) is 6.07 Å². The summed E-state index contributed by atoms with van der Waals surface area (Å²) in [7, 11) is -0.891. The summed E-state index contributed by atoms with van der Waals surface area (Å²) in [6, 6.07) is 12.5. The molecule has 2 heterocycles. The fourth-order valence-corrected chi connectivity index (χ4v) is 4.26. The van der Waals surface area contributed by atoms with Gasteiger partial charge in [0.15, 0.2) is 11.5 Å². The van der Waals surface area contributed by atoms with Crippen molar-refractivity contribution in [3.63, 3.8) is 0 Å². The lowest BCUT2D eigenvalue weighted by Gasteiger charge is -2.12. The summed E-state index contributed by atoms with van der Waals surface area (Å²) >= 11 is 0. The lowest BCUT2D eigenvalue weighted by Crippen LogP contribution is -2.13. The van der Waals surface area contributed by atoms with Crippen molar-refractivity contribution in [2.24, 2.45) is 0 Å². The van der Waals surface area contributed by atoms with Crippen LogP contribution >= 0.6 is 0 Å². The number of pyridine rings is 1. The lowest BCUT2D eigenvalue weighted by molar-refractivity contribution is 0.356. The Morgan fingerprint density at radius 1 is 1.06 bits per heavy atom. The van der Waals surface area contributed by atoms with E-state index < -0.39 is 15.8 Å². The van der Waals surface area contributed by atoms with Crippen LogP contribution in [-0.2, 0) is 16.4 Å². The Morgan fingerprint density at radius 2 is 1.84 bits per heavy atom. The molecule has 0 saturated heterocycles. The minimum absolute atomic E-state index is 0.161. The highest BCUT2D eigenvalue weighted by Crippen LogP contribution is 2.33. The second-order valence-corrected chi connectivity index (χ2v) is 8.34. The maximum absolute atomic E-state index is 14.6. The van der Waals surface area contributed by atoms with Gasteiger partial charge in [-0.15, -0.1) is 0 Å². The molecule has 0 bridgehead atoms. The first-order chi connectivity index (χ1) is 14.9. The largest absolute Gasteiger partial charge is 0.493 e. The Morgan fingerprint density at radius 3 is 2.52 bits per heavy atom. The highest BCUT2D eigenvalue weighted by atomic mass is 32.2. The van der Waals surface area contributed by atoms with Crippen LogP contribution < -0.4 is 14.2 Å². The Balaban J connectivity index is 1.63. The predicted molar refractivity (Wildman–Crippen MR) is 114 cm³/mol. The van der Waals surface area contributed by atoms with E-state index in [1.54, 1.807) is 32.5 Å². The number of ether oxygens (including phenoxy) is 2. The van der Waals surface area contributed by atoms with Crippen molar-refractivity contribution in [1.82, 2.24) is 4.98 Å². The molecular formula is C22H19FN2O5S. The van der Waals surface area contributed by atoms with E-state index in [0.717, 1.165) is 16.5 Å². The zero-order valence-electron chi connectivity index (χ0n) is 16.8. The molecule has 0 unspecified atom stereocenters. The first kappa shape index (κ1) is 20.7. The number of furan rings is 1. The van der Waals surface area contributed by atoms with Gasteiger partial charge < -0.3 is 13.9 Å². The third kappa shape index (κ3) is 4.17. The SMILES string of the molecule is COc1cc2nccc(Cc3ccc(NS(=O)(=O)c4ccco4)c(F)c3)c2cc1OC. The normalized spacial score (nSPS) is 11.5. The zero-order chi connectivity index (χ0) is 22.0. The molecule has 7 nitrogen and oxygen atoms in total. The number of benzene rings is 2. The Labute approximate surface area is 178 Å². The fraction of sp³-hybridized carbons (Fsp3) is 0.136. The molecule has 0 saturated carbocycles. The van der Waals surface area contributed by atoms with Crippen LogP contribution in [0.25, 0.3) is 10.9 Å². The second-order valence-electron chi connectivity index (χ2n) is 6.72. The Bertz CT molecular complexity index is 1340. The number of anilines is 1. The van der Waals surface area contributed by atoms with Crippen LogP contribution in [0.2, 0.25) is 0 Å². The highest BCUT2D eigenvalue weighted by molar-refractivity contribution is 7.92. The fourth-order valence-electron chi connectivity index (χ4n) is 3.27. The van der Waals surface area contributed by atoms with Crippen molar-refractivity contribution in [3.8, 4) is 11.5 Å². The van der Waals surface area contributed by atoms with Gasteiger partial charge in [0.1, 0.15) is 5.82 Å². The summed E-state index contributed by atoms with van der Waals surface area (Å²) in [6.07, 6.45) is 3.32. The average Bonchev–Trinajstić information content (AvgIpc) is 3.31. The smallest absolute Gasteiger partial charge is 0.295 e. The third-order valence-electron chi connectivity index (χ3n) is 4.77. The number of rotatable bonds is 7. The number of hydrogen-bond acceptors (Lipinski definition) is 6. The number of fused-ring (bicyclic) bond motifs is 1. The molecule has 9 heteroatoms. The molecule has 0 spiro atoms. The Hall–Kier alpha value is -3.59. The van der Waals surface area contributed by atoms with Crippen LogP contribution in [0, 0.1) is 5.82 Å². The van der Waals surface area contributed by atoms with Crippen molar-refractivity contribution in [3.05, 3.63) is 77.9 Å². The van der Waals surface area contributed by atoms with E-state index in [1.807, 2.05) is 12.1 Å². The highest BCUT2D eigenvalue weighted by Gasteiger charge is 2.19. The molecule has 0 amide bonds. The molecule has 0 aliphatic rings. The van der Waals surface area contributed by atoms with E-state index >= 15 is 0 Å². The summed E-state index contributed by atoms with van der Waals surface area (Å²) < 4.78 is 56.9. The lowest BCUT2D eigenvalue weighted by atomic mass is 10.0. The van der Waals surface area contributed by atoms with E-state index in [-0.39, 0.29) is 10.8 Å². The molecule has 0 aliphatic heterocycles. The number of aromatic nitrogens is 1. The molecule has 1 N–H and O–H groups in total. The number of sulfonamides is 1. The summed E-state index contributed by atoms with van der Waals surface area (Å²) in [6.45, 7) is 0. The van der Waals surface area contributed by atoms with Gasteiger partial charge in [-0.2, -0.15) is 8.42 Å². The van der Waals surface area contributed by atoms with Crippen molar-refractivity contribution in [2.75, 3.05) is 18.9 Å². The van der Waals surface area contributed by atoms with E-state index in [0.29, 0.717) is 23.5 Å². The van der Waals surface area contributed by atoms with Gasteiger partial charge in [-0.3, -0.25) is 9.71 Å². The minimum Gasteiger partial charge on any atom is -0.493 e. The molecule has 2 aromatic heterocycles. The molecule has 0 aliphatic carbocycles. The molecular weight excluding hydrogens is 423 g/mol. The predicted octanol–water partition coefficient (Wildman–Crippen LogP) is 4.38. The summed E-state index contributed by atoms with van der Waals surface area (Å²) in [5, 5.41) is 0.562. The van der Waals surface area contributed by atoms with Crippen LogP contribution in [0.4, 0.5) is 10.1 Å². The molecule has 160 valence electrons. The van der Waals surface area contributed by atoms with Gasteiger partial charge in [-0.05, 0) is 53.9 Å². The summed E-state index contributed by atoms with van der Waals surface area (Å²) in [5.74, 6) is 0.447. The van der Waals surface area contributed by atoms with Gasteiger partial charge in [0.25, 0.3) is 10.0 Å². The zero-order valence-corrected chi connectivity index (χ0v) is 17.6. The molecule has 31 heavy (non-hydrogen) atoms. The quantitative estimate of drug-likeness (QED) is 0.457. The van der Waals surface area contributed by atoms with Crippen LogP contribution in [0.1, 0.15) is 11.1 Å². The topological polar surface area (TPSA) is 90.7 Å². The second kappa shape index (κ2) is 8.27. The van der Waals surface area contributed by atoms with Crippen molar-refractivity contribution < 1.29 is 26.7 Å². The Kier molecular flexibility index (Phi) is 5.51. The molecule has 0 atom stereocenters. The van der Waals surface area contributed by atoms with Crippen LogP contribution in [-0.4, -0.2) is 27.6 Å². The monoisotopic (exact) mass is 442 g/mol. The van der Waals surface area contributed by atoms with Crippen LogP contribution in [0.3, 0.4) is 0 Å². The minimum atomic E-state index is -4.00. The van der Waals surface area contributed by atoms with Crippen molar-refractivity contribution >= 4 is 26.6 Å².